The lowest BCUT2D eigenvalue weighted by Gasteiger charge is -2.14. The predicted octanol–water partition coefficient (Wildman–Crippen LogP) is 2.88. The van der Waals surface area contributed by atoms with Gasteiger partial charge in [-0.15, -0.1) is 0 Å². The van der Waals surface area contributed by atoms with Gasteiger partial charge in [0.15, 0.2) is 11.5 Å². The van der Waals surface area contributed by atoms with E-state index in [2.05, 4.69) is 27.9 Å². The van der Waals surface area contributed by atoms with Crippen molar-refractivity contribution >= 4 is 22.6 Å². The number of rotatable bonds is 10. The third-order valence-electron chi connectivity index (χ3n) is 3.69. The molecule has 2 rings (SSSR count). The molecule has 1 unspecified atom stereocenters. The van der Waals surface area contributed by atoms with E-state index < -0.39 is 6.10 Å². The minimum absolute atomic E-state index is 0.267. The summed E-state index contributed by atoms with van der Waals surface area (Å²) in [4.78, 5) is 0. The highest BCUT2D eigenvalue weighted by molar-refractivity contribution is 14.1. The Hall–Kier alpha value is -1.51. The van der Waals surface area contributed by atoms with E-state index in [1.54, 1.807) is 14.2 Å². The highest BCUT2D eigenvalue weighted by Gasteiger charge is 2.07. The Balaban J connectivity index is 1.69. The zero-order valence-electron chi connectivity index (χ0n) is 14.5. The highest BCUT2D eigenvalue weighted by atomic mass is 127. The second-order valence-electron chi connectivity index (χ2n) is 5.54. The maximum absolute atomic E-state index is 10.0. The zero-order chi connectivity index (χ0) is 18.1. The molecule has 0 spiro atoms. The fourth-order valence-electron chi connectivity index (χ4n) is 2.34. The van der Waals surface area contributed by atoms with Gasteiger partial charge in [-0.2, -0.15) is 0 Å². The van der Waals surface area contributed by atoms with Gasteiger partial charge in [-0.3, -0.25) is 0 Å². The Morgan fingerprint density at radius 3 is 2.52 bits per heavy atom. The number of benzene rings is 2. The van der Waals surface area contributed by atoms with E-state index in [1.165, 1.54) is 0 Å². The van der Waals surface area contributed by atoms with Crippen LogP contribution in [0.15, 0.2) is 42.5 Å². The molecule has 25 heavy (non-hydrogen) atoms. The quantitative estimate of drug-likeness (QED) is 0.425. The number of hydrogen-bond acceptors (Lipinski definition) is 5. The molecule has 0 amide bonds. The van der Waals surface area contributed by atoms with Crippen LogP contribution in [-0.4, -0.2) is 45.1 Å². The van der Waals surface area contributed by atoms with E-state index in [4.69, 9.17) is 14.2 Å². The number of halogens is 1. The molecule has 6 heteroatoms. The van der Waals surface area contributed by atoms with Crippen LogP contribution in [0.3, 0.4) is 0 Å². The summed E-state index contributed by atoms with van der Waals surface area (Å²) in [6, 6.07) is 13.6. The number of methoxy groups -OCH3 is 2. The van der Waals surface area contributed by atoms with Crippen molar-refractivity contribution in [3.63, 3.8) is 0 Å². The van der Waals surface area contributed by atoms with E-state index in [0.29, 0.717) is 6.54 Å². The largest absolute Gasteiger partial charge is 0.493 e. The summed E-state index contributed by atoms with van der Waals surface area (Å²) in [7, 11) is 3.25. The molecule has 2 aromatic carbocycles. The van der Waals surface area contributed by atoms with Crippen LogP contribution in [0, 0.1) is 3.57 Å². The van der Waals surface area contributed by atoms with Gasteiger partial charge in [0.2, 0.25) is 0 Å². The van der Waals surface area contributed by atoms with E-state index >= 15 is 0 Å². The van der Waals surface area contributed by atoms with Gasteiger partial charge in [0, 0.05) is 6.54 Å². The molecule has 2 N–H and O–H groups in total. The van der Waals surface area contributed by atoms with Crippen LogP contribution < -0.4 is 19.5 Å². The van der Waals surface area contributed by atoms with Crippen LogP contribution in [0.5, 0.6) is 17.2 Å². The molecule has 0 saturated carbocycles. The Kier molecular flexibility index (Phi) is 8.30. The van der Waals surface area contributed by atoms with Crippen LogP contribution in [-0.2, 0) is 6.42 Å². The fourth-order valence-corrected chi connectivity index (χ4v) is 2.89. The van der Waals surface area contributed by atoms with E-state index in [0.717, 1.165) is 39.3 Å². The summed E-state index contributed by atoms with van der Waals surface area (Å²) in [5, 5.41) is 13.3. The lowest BCUT2D eigenvalue weighted by Crippen LogP contribution is -2.32. The molecular weight excluding hydrogens is 433 g/mol. The molecule has 0 saturated heterocycles. The summed E-state index contributed by atoms with van der Waals surface area (Å²) >= 11 is 2.22. The van der Waals surface area contributed by atoms with Crippen LogP contribution in [0.2, 0.25) is 0 Å². The first kappa shape index (κ1) is 19.8. The van der Waals surface area contributed by atoms with Crippen molar-refractivity contribution in [2.75, 3.05) is 33.9 Å². The second-order valence-corrected chi connectivity index (χ2v) is 6.70. The SMILES string of the molecule is COc1ccc(CCNCC(O)COc2ccccc2I)cc1OC. The summed E-state index contributed by atoms with van der Waals surface area (Å²) in [5.74, 6) is 2.25. The van der Waals surface area contributed by atoms with Crippen molar-refractivity contribution in [2.45, 2.75) is 12.5 Å². The standard InChI is InChI=1S/C19H24INO4/c1-23-18-8-7-14(11-19(18)24-2)9-10-21-12-15(22)13-25-17-6-4-3-5-16(17)20/h3-8,11,15,21-22H,9-10,12-13H2,1-2H3. The van der Waals surface area contributed by atoms with Gasteiger partial charge < -0.3 is 24.6 Å². The fraction of sp³-hybridized carbons (Fsp3) is 0.368. The first-order valence-corrected chi connectivity index (χ1v) is 9.19. The van der Waals surface area contributed by atoms with Crippen molar-refractivity contribution < 1.29 is 19.3 Å². The molecule has 136 valence electrons. The molecule has 0 heterocycles. The predicted molar refractivity (Wildman–Crippen MR) is 107 cm³/mol. The molecule has 2 aromatic rings. The van der Waals surface area contributed by atoms with Crippen LogP contribution in [0.25, 0.3) is 0 Å². The first-order valence-electron chi connectivity index (χ1n) is 8.11. The molecule has 1 atom stereocenters. The monoisotopic (exact) mass is 457 g/mol. The molecule has 0 aliphatic carbocycles. The molecule has 0 aliphatic heterocycles. The van der Waals surface area contributed by atoms with Crippen molar-refractivity contribution in [2.24, 2.45) is 0 Å². The second kappa shape index (κ2) is 10.5. The minimum atomic E-state index is -0.554. The Labute approximate surface area is 162 Å². The third kappa shape index (κ3) is 6.37. The minimum Gasteiger partial charge on any atom is -0.493 e. The molecule has 0 aliphatic rings. The van der Waals surface area contributed by atoms with E-state index in [9.17, 15) is 5.11 Å². The molecule has 0 fully saturated rings. The van der Waals surface area contributed by atoms with Crippen molar-refractivity contribution in [3.05, 3.63) is 51.6 Å². The van der Waals surface area contributed by atoms with Crippen molar-refractivity contribution in [1.29, 1.82) is 0 Å². The molecular formula is C19H24INO4. The van der Waals surface area contributed by atoms with E-state index in [1.807, 2.05) is 42.5 Å². The van der Waals surface area contributed by atoms with Gasteiger partial charge in [-0.1, -0.05) is 18.2 Å². The number of aliphatic hydroxyl groups excluding tert-OH is 1. The molecule has 0 bridgehead atoms. The number of para-hydroxylation sites is 1. The summed E-state index contributed by atoms with van der Waals surface area (Å²) in [6.45, 7) is 1.51. The lowest BCUT2D eigenvalue weighted by atomic mass is 10.1. The maximum atomic E-state index is 10.0. The number of hydrogen-bond donors (Lipinski definition) is 2. The van der Waals surface area contributed by atoms with E-state index in [-0.39, 0.29) is 6.61 Å². The normalized spacial score (nSPS) is 11.8. The number of ether oxygens (including phenoxy) is 3. The summed E-state index contributed by atoms with van der Waals surface area (Å²) in [6.07, 6.45) is 0.284. The van der Waals surface area contributed by atoms with Crippen molar-refractivity contribution in [3.8, 4) is 17.2 Å². The van der Waals surface area contributed by atoms with Gasteiger partial charge in [0.1, 0.15) is 18.5 Å². The average molecular weight is 457 g/mol. The Morgan fingerprint density at radius 1 is 1.04 bits per heavy atom. The zero-order valence-corrected chi connectivity index (χ0v) is 16.7. The van der Waals surface area contributed by atoms with Gasteiger partial charge in [0.05, 0.1) is 17.8 Å². The van der Waals surface area contributed by atoms with Gasteiger partial charge in [-0.05, 0) is 65.4 Å². The Bertz CT molecular complexity index is 666. The smallest absolute Gasteiger partial charge is 0.160 e. The van der Waals surface area contributed by atoms with Crippen LogP contribution in [0.4, 0.5) is 0 Å². The topological polar surface area (TPSA) is 60.0 Å². The lowest BCUT2D eigenvalue weighted by molar-refractivity contribution is 0.106. The average Bonchev–Trinajstić information content (AvgIpc) is 2.64. The summed E-state index contributed by atoms with van der Waals surface area (Å²) < 4.78 is 17.2. The number of aliphatic hydroxyl groups is 1. The number of nitrogens with one attached hydrogen (secondary N) is 1. The van der Waals surface area contributed by atoms with Gasteiger partial charge in [-0.25, -0.2) is 0 Å². The summed E-state index contributed by atoms with van der Waals surface area (Å²) in [5.41, 5.74) is 1.15. The molecule has 5 nitrogen and oxygen atoms in total. The molecule has 0 radical (unpaired) electrons. The third-order valence-corrected chi connectivity index (χ3v) is 4.58. The highest BCUT2D eigenvalue weighted by Crippen LogP contribution is 2.27. The molecule has 0 aromatic heterocycles. The maximum Gasteiger partial charge on any atom is 0.160 e. The van der Waals surface area contributed by atoms with Crippen molar-refractivity contribution in [1.82, 2.24) is 5.32 Å². The van der Waals surface area contributed by atoms with Gasteiger partial charge in [0.25, 0.3) is 0 Å². The van der Waals surface area contributed by atoms with Gasteiger partial charge >= 0.3 is 0 Å². The van der Waals surface area contributed by atoms with Crippen LogP contribution in [0.1, 0.15) is 5.56 Å². The Morgan fingerprint density at radius 2 is 1.80 bits per heavy atom. The van der Waals surface area contributed by atoms with Crippen LogP contribution >= 0.6 is 22.6 Å². The first-order chi connectivity index (χ1) is 12.1.